The summed E-state index contributed by atoms with van der Waals surface area (Å²) in [7, 11) is 0. The zero-order chi connectivity index (χ0) is 9.97. The fourth-order valence-corrected chi connectivity index (χ4v) is 1.30. The van der Waals surface area contributed by atoms with E-state index in [-0.39, 0.29) is 0 Å². The Morgan fingerprint density at radius 3 is 2.57 bits per heavy atom. The van der Waals surface area contributed by atoms with Crippen LogP contribution in [-0.2, 0) is 0 Å². The molecular weight excluding hydrogens is 196 g/mol. The van der Waals surface area contributed by atoms with Gasteiger partial charge < -0.3 is 5.73 Å². The number of rotatable bonds is 1. The molecule has 0 aliphatic heterocycles. The van der Waals surface area contributed by atoms with Crippen LogP contribution in [0.25, 0.3) is 11.3 Å². The van der Waals surface area contributed by atoms with E-state index in [4.69, 9.17) is 18.0 Å². The van der Waals surface area contributed by atoms with Gasteiger partial charge in [-0.05, 0) is 12.2 Å². The van der Waals surface area contributed by atoms with Crippen molar-refractivity contribution in [2.24, 2.45) is 0 Å². The summed E-state index contributed by atoms with van der Waals surface area (Å²) in [6, 6.07) is 9.59. The van der Waals surface area contributed by atoms with Crippen molar-refractivity contribution in [3.63, 3.8) is 0 Å². The number of aromatic nitrogens is 3. The molecule has 0 radical (unpaired) electrons. The van der Waals surface area contributed by atoms with Gasteiger partial charge >= 0.3 is 0 Å². The van der Waals surface area contributed by atoms with E-state index in [0.29, 0.717) is 16.3 Å². The lowest BCUT2D eigenvalue weighted by Crippen LogP contribution is -1.99. The van der Waals surface area contributed by atoms with Crippen LogP contribution in [0.4, 0.5) is 5.82 Å². The van der Waals surface area contributed by atoms with Gasteiger partial charge in [0, 0.05) is 5.56 Å². The van der Waals surface area contributed by atoms with Crippen molar-refractivity contribution in [1.29, 1.82) is 0 Å². The van der Waals surface area contributed by atoms with E-state index in [0.717, 1.165) is 5.56 Å². The number of anilines is 1. The van der Waals surface area contributed by atoms with E-state index >= 15 is 0 Å². The van der Waals surface area contributed by atoms with Gasteiger partial charge in [0.05, 0.1) is 0 Å². The molecule has 2 rings (SSSR count). The smallest absolute Gasteiger partial charge is 0.215 e. The van der Waals surface area contributed by atoms with E-state index in [1.54, 1.807) is 0 Å². The van der Waals surface area contributed by atoms with Gasteiger partial charge in [-0.3, -0.25) is 5.10 Å². The highest BCUT2D eigenvalue weighted by Gasteiger charge is 2.03. The van der Waals surface area contributed by atoms with Crippen molar-refractivity contribution in [3.05, 3.63) is 35.1 Å². The molecule has 0 amide bonds. The average Bonchev–Trinajstić information content (AvgIpc) is 2.19. The van der Waals surface area contributed by atoms with E-state index in [1.807, 2.05) is 30.3 Å². The molecule has 1 aromatic carbocycles. The molecule has 1 heterocycles. The minimum atomic E-state index is 0.294. The average molecular weight is 204 g/mol. The van der Waals surface area contributed by atoms with Gasteiger partial charge in [-0.15, -0.1) is 0 Å². The number of benzene rings is 1. The van der Waals surface area contributed by atoms with Gasteiger partial charge in [0.25, 0.3) is 0 Å². The minimum absolute atomic E-state index is 0.294. The molecule has 14 heavy (non-hydrogen) atoms. The van der Waals surface area contributed by atoms with Crippen LogP contribution in [0.3, 0.4) is 0 Å². The molecule has 0 aliphatic rings. The topological polar surface area (TPSA) is 67.6 Å². The molecule has 0 atom stereocenters. The standard InChI is InChI=1S/C9H8N4S/c10-8-7(12-13-9(14)11-8)6-4-2-1-3-5-6/h1-5H,(H3,10,11,13,14). The van der Waals surface area contributed by atoms with Crippen molar-refractivity contribution in [2.75, 3.05) is 5.73 Å². The second-order valence-corrected chi connectivity index (χ2v) is 3.13. The van der Waals surface area contributed by atoms with Gasteiger partial charge in [-0.2, -0.15) is 10.1 Å². The van der Waals surface area contributed by atoms with Crippen LogP contribution in [-0.4, -0.2) is 15.2 Å². The number of aromatic amines is 1. The van der Waals surface area contributed by atoms with Gasteiger partial charge in [0.15, 0.2) is 5.82 Å². The minimum Gasteiger partial charge on any atom is -0.382 e. The van der Waals surface area contributed by atoms with Gasteiger partial charge in [-0.25, -0.2) is 0 Å². The lowest BCUT2D eigenvalue weighted by Gasteiger charge is -2.01. The first-order valence-corrected chi connectivity index (χ1v) is 4.46. The lowest BCUT2D eigenvalue weighted by atomic mass is 10.1. The van der Waals surface area contributed by atoms with E-state index < -0.39 is 0 Å². The SMILES string of the molecule is Nc1nc(=S)[nH]nc1-c1ccccc1. The van der Waals surface area contributed by atoms with Crippen LogP contribution >= 0.6 is 12.2 Å². The fourth-order valence-electron chi connectivity index (χ4n) is 1.16. The maximum atomic E-state index is 5.69. The maximum Gasteiger partial charge on any atom is 0.215 e. The van der Waals surface area contributed by atoms with Crippen molar-refractivity contribution in [2.45, 2.75) is 0 Å². The molecule has 3 N–H and O–H groups in total. The van der Waals surface area contributed by atoms with Gasteiger partial charge in [0.2, 0.25) is 4.77 Å². The first-order valence-electron chi connectivity index (χ1n) is 4.05. The number of nitrogen functional groups attached to an aromatic ring is 1. The number of nitrogens with two attached hydrogens (primary N) is 1. The van der Waals surface area contributed by atoms with Crippen LogP contribution in [0.5, 0.6) is 0 Å². The Bertz CT molecular complexity index is 492. The second-order valence-electron chi connectivity index (χ2n) is 2.74. The van der Waals surface area contributed by atoms with Crippen LogP contribution < -0.4 is 5.73 Å². The third-order valence-corrected chi connectivity index (χ3v) is 1.96. The van der Waals surface area contributed by atoms with Crippen molar-refractivity contribution < 1.29 is 0 Å². The number of nitrogens with zero attached hydrogens (tertiary/aromatic N) is 2. The molecule has 0 aliphatic carbocycles. The fraction of sp³-hybridized carbons (Fsp3) is 0. The molecule has 1 aromatic heterocycles. The van der Waals surface area contributed by atoms with E-state index in [9.17, 15) is 0 Å². The van der Waals surface area contributed by atoms with Crippen LogP contribution in [0.1, 0.15) is 0 Å². The van der Waals surface area contributed by atoms with E-state index in [2.05, 4.69) is 15.2 Å². The summed E-state index contributed by atoms with van der Waals surface area (Å²) in [6.07, 6.45) is 0. The zero-order valence-corrected chi connectivity index (χ0v) is 8.08. The largest absolute Gasteiger partial charge is 0.382 e. The molecular formula is C9H8N4S. The van der Waals surface area contributed by atoms with E-state index in [1.165, 1.54) is 0 Å². The Balaban J connectivity index is 2.58. The monoisotopic (exact) mass is 204 g/mol. The number of nitrogens with one attached hydrogen (secondary N) is 1. The predicted octanol–water partition coefficient (Wildman–Crippen LogP) is 1.78. The normalized spacial score (nSPS) is 10.0. The molecule has 0 saturated heterocycles. The highest BCUT2D eigenvalue weighted by atomic mass is 32.1. The molecule has 0 unspecified atom stereocenters. The van der Waals surface area contributed by atoms with Crippen molar-refractivity contribution in [1.82, 2.24) is 15.2 Å². The Morgan fingerprint density at radius 2 is 1.93 bits per heavy atom. The Morgan fingerprint density at radius 1 is 1.21 bits per heavy atom. The molecule has 70 valence electrons. The Hall–Kier alpha value is -1.75. The first kappa shape index (κ1) is 8.83. The number of hydrogen-bond acceptors (Lipinski definition) is 4. The second kappa shape index (κ2) is 3.55. The molecule has 0 saturated carbocycles. The van der Waals surface area contributed by atoms with Crippen LogP contribution in [0.15, 0.2) is 30.3 Å². The van der Waals surface area contributed by atoms with Crippen LogP contribution in [0, 0.1) is 4.77 Å². The van der Waals surface area contributed by atoms with Crippen LogP contribution in [0.2, 0.25) is 0 Å². The maximum absolute atomic E-state index is 5.69. The highest BCUT2D eigenvalue weighted by Crippen LogP contribution is 2.19. The lowest BCUT2D eigenvalue weighted by molar-refractivity contribution is 0.963. The molecule has 0 fully saturated rings. The third-order valence-electron chi connectivity index (χ3n) is 1.78. The highest BCUT2D eigenvalue weighted by molar-refractivity contribution is 7.71. The summed E-state index contributed by atoms with van der Waals surface area (Å²) in [6.45, 7) is 0. The molecule has 0 bridgehead atoms. The molecule has 2 aromatic rings. The summed E-state index contributed by atoms with van der Waals surface area (Å²) in [5, 5.41) is 6.64. The quantitative estimate of drug-likeness (QED) is 0.695. The summed E-state index contributed by atoms with van der Waals surface area (Å²) in [5.41, 5.74) is 7.24. The first-order chi connectivity index (χ1) is 6.77. The summed E-state index contributed by atoms with van der Waals surface area (Å²) in [5.74, 6) is 0.347. The Labute approximate surface area is 85.8 Å². The number of hydrogen-bond donors (Lipinski definition) is 2. The molecule has 0 spiro atoms. The molecule has 4 nitrogen and oxygen atoms in total. The number of H-pyrrole nitrogens is 1. The zero-order valence-electron chi connectivity index (χ0n) is 7.27. The summed E-state index contributed by atoms with van der Waals surface area (Å²) >= 11 is 4.80. The molecule has 5 heteroatoms. The Kier molecular flexibility index (Phi) is 2.24. The van der Waals surface area contributed by atoms with Crippen molar-refractivity contribution >= 4 is 18.0 Å². The van der Waals surface area contributed by atoms with Gasteiger partial charge in [0.1, 0.15) is 5.69 Å². The summed E-state index contributed by atoms with van der Waals surface area (Å²) in [4.78, 5) is 3.92. The third kappa shape index (κ3) is 1.62. The predicted molar refractivity (Wildman–Crippen MR) is 57.1 cm³/mol. The van der Waals surface area contributed by atoms with Crippen molar-refractivity contribution in [3.8, 4) is 11.3 Å². The summed E-state index contributed by atoms with van der Waals surface area (Å²) < 4.78 is 0.294. The van der Waals surface area contributed by atoms with Gasteiger partial charge in [-0.1, -0.05) is 30.3 Å².